The molecule has 0 heterocycles. The number of rotatable bonds is 7. The molecule has 0 aliphatic carbocycles. The van der Waals surface area contributed by atoms with Gasteiger partial charge in [0.15, 0.2) is 0 Å². The molecule has 0 bridgehead atoms. The van der Waals surface area contributed by atoms with Gasteiger partial charge in [-0.1, -0.05) is 19.9 Å². The number of nitrogens with one attached hydrogen (secondary N) is 1. The maximum Gasteiger partial charge on any atom is 0.126 e. The van der Waals surface area contributed by atoms with Crippen molar-refractivity contribution in [2.45, 2.75) is 39.3 Å². The molecule has 2 atom stereocenters. The van der Waals surface area contributed by atoms with Crippen LogP contribution in [0.5, 0.6) is 5.75 Å². The lowest BCUT2D eigenvalue weighted by Gasteiger charge is -2.28. The molecule has 0 radical (unpaired) electrons. The van der Waals surface area contributed by atoms with Crippen molar-refractivity contribution in [2.24, 2.45) is 5.92 Å². The van der Waals surface area contributed by atoms with E-state index in [1.54, 1.807) is 6.07 Å². The van der Waals surface area contributed by atoms with E-state index in [0.29, 0.717) is 12.0 Å². The van der Waals surface area contributed by atoms with E-state index in [1.165, 1.54) is 6.07 Å². The summed E-state index contributed by atoms with van der Waals surface area (Å²) in [4.78, 5) is 2.21. The zero-order chi connectivity index (χ0) is 15.3. The van der Waals surface area contributed by atoms with E-state index in [2.05, 4.69) is 38.2 Å². The Morgan fingerprint density at radius 3 is 2.40 bits per heavy atom. The van der Waals surface area contributed by atoms with E-state index in [-0.39, 0.29) is 11.8 Å². The van der Waals surface area contributed by atoms with Crippen molar-refractivity contribution in [3.63, 3.8) is 0 Å². The Hall–Kier alpha value is -1.13. The summed E-state index contributed by atoms with van der Waals surface area (Å²) in [5, 5.41) is 13.2. The second kappa shape index (κ2) is 7.60. The lowest BCUT2D eigenvalue weighted by atomic mass is 10.0. The fourth-order valence-corrected chi connectivity index (χ4v) is 2.33. The average molecular weight is 282 g/mol. The molecule has 1 aromatic rings. The predicted molar refractivity (Wildman–Crippen MR) is 81.4 cm³/mol. The zero-order valence-electron chi connectivity index (χ0n) is 13.2. The number of phenols is 1. The van der Waals surface area contributed by atoms with Gasteiger partial charge in [-0.3, -0.25) is 0 Å². The Morgan fingerprint density at radius 1 is 1.25 bits per heavy atom. The molecule has 0 aliphatic heterocycles. The van der Waals surface area contributed by atoms with Crippen molar-refractivity contribution < 1.29 is 9.50 Å². The van der Waals surface area contributed by atoms with Crippen molar-refractivity contribution in [1.82, 2.24) is 10.2 Å². The number of nitrogens with zero attached hydrogens (tertiary/aromatic N) is 1. The topological polar surface area (TPSA) is 35.5 Å². The lowest BCUT2D eigenvalue weighted by Crippen LogP contribution is -2.39. The first-order valence-electron chi connectivity index (χ1n) is 7.19. The maximum atomic E-state index is 13.0. The first kappa shape index (κ1) is 16.9. The number of phenolic OH excluding ortho intramolecular Hbond substituents is 1. The SMILES string of the molecule is CC(C)CC(CNC(C)c1ccc(F)cc1O)N(C)C. The first-order chi connectivity index (χ1) is 9.31. The van der Waals surface area contributed by atoms with E-state index in [1.807, 2.05) is 6.92 Å². The van der Waals surface area contributed by atoms with Crippen LogP contribution in [-0.4, -0.2) is 36.7 Å². The number of halogens is 1. The largest absolute Gasteiger partial charge is 0.508 e. The van der Waals surface area contributed by atoms with E-state index in [4.69, 9.17) is 0 Å². The smallest absolute Gasteiger partial charge is 0.126 e. The first-order valence-corrected chi connectivity index (χ1v) is 7.19. The Balaban J connectivity index is 2.62. The van der Waals surface area contributed by atoms with E-state index in [0.717, 1.165) is 24.6 Å². The molecule has 0 aliphatic rings. The number of hydrogen-bond donors (Lipinski definition) is 2. The Morgan fingerprint density at radius 2 is 1.90 bits per heavy atom. The average Bonchev–Trinajstić information content (AvgIpc) is 2.33. The summed E-state index contributed by atoms with van der Waals surface area (Å²) in [7, 11) is 4.16. The van der Waals surface area contributed by atoms with Crippen LogP contribution in [0.15, 0.2) is 18.2 Å². The predicted octanol–water partition coefficient (Wildman–Crippen LogP) is 3.16. The molecule has 0 amide bonds. The summed E-state index contributed by atoms with van der Waals surface area (Å²) in [6, 6.07) is 4.61. The van der Waals surface area contributed by atoms with Gasteiger partial charge in [0.2, 0.25) is 0 Å². The highest BCUT2D eigenvalue weighted by atomic mass is 19.1. The molecule has 20 heavy (non-hydrogen) atoms. The van der Waals surface area contributed by atoms with Crippen molar-refractivity contribution in [1.29, 1.82) is 0 Å². The fraction of sp³-hybridized carbons (Fsp3) is 0.625. The molecular formula is C16H27FN2O. The molecule has 0 saturated heterocycles. The molecule has 0 aromatic heterocycles. The summed E-state index contributed by atoms with van der Waals surface area (Å²) in [5.74, 6) is 0.235. The molecular weight excluding hydrogens is 255 g/mol. The van der Waals surface area contributed by atoms with Crippen molar-refractivity contribution >= 4 is 0 Å². The summed E-state index contributed by atoms with van der Waals surface area (Å²) in [6.45, 7) is 7.25. The Labute approximate surface area is 121 Å². The molecule has 0 spiro atoms. The number of likely N-dealkylation sites (N-methyl/N-ethyl adjacent to an activating group) is 1. The number of aromatic hydroxyl groups is 1. The van der Waals surface area contributed by atoms with E-state index < -0.39 is 5.82 Å². The Bertz CT molecular complexity index is 421. The highest BCUT2D eigenvalue weighted by Crippen LogP contribution is 2.24. The maximum absolute atomic E-state index is 13.0. The van der Waals surface area contributed by atoms with Crippen LogP contribution in [0.2, 0.25) is 0 Å². The molecule has 114 valence electrons. The Kier molecular flexibility index (Phi) is 6.43. The van der Waals surface area contributed by atoms with Gasteiger partial charge in [-0.25, -0.2) is 4.39 Å². The van der Waals surface area contributed by atoms with Crippen LogP contribution in [-0.2, 0) is 0 Å². The van der Waals surface area contributed by atoms with E-state index >= 15 is 0 Å². The molecule has 1 aromatic carbocycles. The van der Waals surface area contributed by atoms with Gasteiger partial charge in [-0.15, -0.1) is 0 Å². The monoisotopic (exact) mass is 282 g/mol. The summed E-state index contributed by atoms with van der Waals surface area (Å²) in [5.41, 5.74) is 0.730. The summed E-state index contributed by atoms with van der Waals surface area (Å²) >= 11 is 0. The second-order valence-electron chi connectivity index (χ2n) is 6.08. The van der Waals surface area contributed by atoms with Gasteiger partial charge >= 0.3 is 0 Å². The normalized spacial score (nSPS) is 14.8. The third-order valence-corrected chi connectivity index (χ3v) is 3.59. The van der Waals surface area contributed by atoms with Gasteiger partial charge in [-0.2, -0.15) is 0 Å². The lowest BCUT2D eigenvalue weighted by molar-refractivity contribution is 0.241. The third-order valence-electron chi connectivity index (χ3n) is 3.59. The van der Waals surface area contributed by atoms with Crippen LogP contribution < -0.4 is 5.32 Å². The van der Waals surface area contributed by atoms with Gasteiger partial charge in [0.1, 0.15) is 11.6 Å². The van der Waals surface area contributed by atoms with Gasteiger partial charge in [-0.05, 0) is 39.4 Å². The summed E-state index contributed by atoms with van der Waals surface area (Å²) in [6.07, 6.45) is 1.11. The van der Waals surface area contributed by atoms with Crippen LogP contribution in [0.3, 0.4) is 0 Å². The third kappa shape index (κ3) is 5.10. The molecule has 4 heteroatoms. The van der Waals surface area contributed by atoms with Gasteiger partial charge in [0, 0.05) is 30.3 Å². The molecule has 1 rings (SSSR count). The molecule has 3 nitrogen and oxygen atoms in total. The minimum absolute atomic E-state index is 0.00906. The van der Waals surface area contributed by atoms with Crippen LogP contribution in [0.4, 0.5) is 4.39 Å². The molecule has 0 fully saturated rings. The fourth-order valence-electron chi connectivity index (χ4n) is 2.33. The van der Waals surface area contributed by atoms with Crippen LogP contribution in [0.25, 0.3) is 0 Å². The highest BCUT2D eigenvalue weighted by Gasteiger charge is 2.16. The molecule has 0 saturated carbocycles. The van der Waals surface area contributed by atoms with Crippen LogP contribution >= 0.6 is 0 Å². The van der Waals surface area contributed by atoms with Crippen molar-refractivity contribution in [2.75, 3.05) is 20.6 Å². The van der Waals surface area contributed by atoms with Crippen molar-refractivity contribution in [3.8, 4) is 5.75 Å². The van der Waals surface area contributed by atoms with Crippen LogP contribution in [0, 0.1) is 11.7 Å². The second-order valence-corrected chi connectivity index (χ2v) is 6.08. The quantitative estimate of drug-likeness (QED) is 0.806. The van der Waals surface area contributed by atoms with Gasteiger partial charge in [0.25, 0.3) is 0 Å². The zero-order valence-corrected chi connectivity index (χ0v) is 13.2. The highest BCUT2D eigenvalue weighted by molar-refractivity contribution is 5.34. The van der Waals surface area contributed by atoms with Crippen molar-refractivity contribution in [3.05, 3.63) is 29.6 Å². The van der Waals surface area contributed by atoms with Crippen LogP contribution in [0.1, 0.15) is 38.8 Å². The van der Waals surface area contributed by atoms with Gasteiger partial charge in [0.05, 0.1) is 0 Å². The van der Waals surface area contributed by atoms with E-state index in [9.17, 15) is 9.50 Å². The van der Waals surface area contributed by atoms with Gasteiger partial charge < -0.3 is 15.3 Å². The molecule has 2 unspecified atom stereocenters. The minimum Gasteiger partial charge on any atom is -0.508 e. The number of benzene rings is 1. The molecule has 2 N–H and O–H groups in total. The standard InChI is InChI=1S/C16H27FN2O/c1-11(2)8-14(19(4)5)10-18-12(3)15-7-6-13(17)9-16(15)20/h6-7,9,11-12,14,18,20H,8,10H2,1-5H3. The minimum atomic E-state index is -0.413. The summed E-state index contributed by atoms with van der Waals surface area (Å²) < 4.78 is 13.0. The number of hydrogen-bond acceptors (Lipinski definition) is 3.